The first-order chi connectivity index (χ1) is 25.4. The van der Waals surface area contributed by atoms with Crippen molar-refractivity contribution >= 4 is 35.0 Å². The molecule has 0 bridgehead atoms. The number of carbonyl (C=O) groups is 2. The summed E-state index contributed by atoms with van der Waals surface area (Å²) in [4.78, 5) is 40.6. The second-order valence-corrected chi connectivity index (χ2v) is 14.8. The van der Waals surface area contributed by atoms with Crippen LogP contribution in [0.5, 0.6) is 11.5 Å². The Labute approximate surface area is 322 Å². The average molecular weight is 766 g/mol. The number of aromatic nitrogens is 3. The highest BCUT2D eigenvalue weighted by Gasteiger charge is 2.41. The molecule has 284 valence electrons. The summed E-state index contributed by atoms with van der Waals surface area (Å²) in [5, 5.41) is 10.8. The highest BCUT2D eigenvalue weighted by atomic mass is 35.5. The normalized spacial score (nSPS) is 17.0. The number of hydrogen-bond acceptors (Lipinski definition) is 9. The number of piperidine rings is 1. The van der Waals surface area contributed by atoms with E-state index in [0.29, 0.717) is 41.1 Å². The molecule has 2 aromatic carbocycles. The van der Waals surface area contributed by atoms with Crippen LogP contribution in [0.1, 0.15) is 36.7 Å². The fraction of sp³-hybridized carbons (Fsp3) is 0.436. The fourth-order valence-electron chi connectivity index (χ4n) is 6.56. The van der Waals surface area contributed by atoms with Gasteiger partial charge in [-0.05, 0) is 88.8 Å². The molecule has 3 unspecified atom stereocenters. The number of methoxy groups -OCH3 is 1. The lowest BCUT2D eigenvalue weighted by Gasteiger charge is -2.46. The van der Waals surface area contributed by atoms with E-state index >= 15 is 0 Å². The molecule has 0 saturated carbocycles. The van der Waals surface area contributed by atoms with Crippen molar-refractivity contribution in [3.8, 4) is 22.9 Å². The number of pyridine rings is 1. The van der Waals surface area contributed by atoms with Crippen molar-refractivity contribution in [1.29, 1.82) is 0 Å². The zero-order valence-corrected chi connectivity index (χ0v) is 32.8. The van der Waals surface area contributed by atoms with Gasteiger partial charge >= 0.3 is 0 Å². The highest BCUT2D eigenvalue weighted by Crippen LogP contribution is 2.31. The van der Waals surface area contributed by atoms with Gasteiger partial charge in [-0.25, -0.2) is 4.98 Å². The summed E-state index contributed by atoms with van der Waals surface area (Å²) in [5.74, 6) is 1.46. The first kappa shape index (κ1) is 40.2. The molecule has 1 aliphatic heterocycles. The molecule has 1 saturated heterocycles. The van der Waals surface area contributed by atoms with E-state index in [1.54, 1.807) is 30.2 Å². The van der Waals surface area contributed by atoms with E-state index in [1.807, 2.05) is 81.4 Å². The van der Waals surface area contributed by atoms with E-state index in [1.165, 1.54) is 7.11 Å². The van der Waals surface area contributed by atoms with Crippen LogP contribution in [0.25, 0.3) is 11.4 Å². The molecule has 3 N–H and O–H groups in total. The molecule has 0 aliphatic carbocycles. The van der Waals surface area contributed by atoms with Crippen molar-refractivity contribution in [2.45, 2.75) is 56.9 Å². The Bertz CT molecular complexity index is 1830. The topological polar surface area (TPSA) is 126 Å². The van der Waals surface area contributed by atoms with Crippen molar-refractivity contribution in [3.05, 3.63) is 94.0 Å². The average Bonchev–Trinajstić information content (AvgIpc) is 3.50. The number of benzene rings is 2. The number of hydrogen-bond donors (Lipinski definition) is 3. The van der Waals surface area contributed by atoms with E-state index in [-0.39, 0.29) is 18.4 Å². The van der Waals surface area contributed by atoms with Gasteiger partial charge in [0.25, 0.3) is 0 Å². The number of imidazole rings is 1. The second kappa shape index (κ2) is 18.3. The number of carbonyl (C=O) groups excluding carboxylic acids is 2. The SMILES string of the molecule is COCC(NC(=O)C(C)NCc1ccc(Cl)cc1Oc1ccc(-c2cnc(CN(C)C)n2C)nc1)C(=O)N(C)C1(Cc2ccc(Cl)cc2)CCCNC1. The Hall–Kier alpha value is -4.04. The second-order valence-electron chi connectivity index (χ2n) is 13.9. The van der Waals surface area contributed by atoms with Crippen LogP contribution in [-0.4, -0.2) is 102 Å². The summed E-state index contributed by atoms with van der Waals surface area (Å²) in [6.45, 7) is 4.33. The minimum absolute atomic E-state index is 0.0337. The summed E-state index contributed by atoms with van der Waals surface area (Å²) < 4.78 is 13.7. The molecular formula is C39H50Cl2N8O4. The summed E-state index contributed by atoms with van der Waals surface area (Å²) in [6.07, 6.45) is 5.88. The number of nitrogens with one attached hydrogen (secondary N) is 3. The van der Waals surface area contributed by atoms with Crippen molar-refractivity contribution in [1.82, 2.24) is 40.3 Å². The maximum absolute atomic E-state index is 14.0. The van der Waals surface area contributed by atoms with Gasteiger partial charge in [0.2, 0.25) is 11.8 Å². The zero-order valence-electron chi connectivity index (χ0n) is 31.3. The summed E-state index contributed by atoms with van der Waals surface area (Å²) in [5.41, 5.74) is 3.07. The van der Waals surface area contributed by atoms with Gasteiger partial charge in [0.15, 0.2) is 0 Å². The standard InChI is InChI=1S/C39H50Cl2N8O4/c1-26(37(50)46-33(24-52-6)38(51)49(5)39(16-7-17-42-25-39)19-27-8-11-29(40)12-9-27)43-20-28-10-13-30(41)18-35(28)53-31-14-15-32(44-21-31)34-22-45-36(48(34)4)23-47(2)3/h8-15,18,21-22,26,33,42-43H,7,16-17,19-20,23-25H2,1-6H3,(H,46,50). The number of rotatable bonds is 16. The first-order valence-corrected chi connectivity index (χ1v) is 18.5. The maximum Gasteiger partial charge on any atom is 0.247 e. The lowest BCUT2D eigenvalue weighted by molar-refractivity contribution is -0.142. The van der Waals surface area contributed by atoms with Crippen LogP contribution in [0, 0.1) is 0 Å². The predicted molar refractivity (Wildman–Crippen MR) is 208 cm³/mol. The van der Waals surface area contributed by atoms with E-state index in [2.05, 4.69) is 30.8 Å². The van der Waals surface area contributed by atoms with E-state index in [4.69, 9.17) is 32.7 Å². The van der Waals surface area contributed by atoms with Gasteiger partial charge in [-0.3, -0.25) is 14.6 Å². The van der Waals surface area contributed by atoms with E-state index in [0.717, 1.165) is 54.3 Å². The predicted octanol–water partition coefficient (Wildman–Crippen LogP) is 5.08. The molecule has 12 nitrogen and oxygen atoms in total. The number of likely N-dealkylation sites (N-methyl/N-ethyl adjacent to an activating group) is 1. The monoisotopic (exact) mass is 764 g/mol. The van der Waals surface area contributed by atoms with Crippen LogP contribution in [0.2, 0.25) is 10.0 Å². The fourth-order valence-corrected chi connectivity index (χ4v) is 6.84. The Morgan fingerprint density at radius 2 is 1.79 bits per heavy atom. The minimum atomic E-state index is -0.874. The summed E-state index contributed by atoms with van der Waals surface area (Å²) in [7, 11) is 9.32. The lowest BCUT2D eigenvalue weighted by atomic mass is 9.82. The molecule has 2 amide bonds. The minimum Gasteiger partial charge on any atom is -0.455 e. The smallest absolute Gasteiger partial charge is 0.247 e. The van der Waals surface area contributed by atoms with Crippen molar-refractivity contribution in [3.63, 3.8) is 0 Å². The van der Waals surface area contributed by atoms with Gasteiger partial charge in [0, 0.05) is 49.9 Å². The van der Waals surface area contributed by atoms with E-state index < -0.39 is 17.6 Å². The van der Waals surface area contributed by atoms with Gasteiger partial charge in [0.1, 0.15) is 23.4 Å². The quantitative estimate of drug-likeness (QED) is 0.143. The molecule has 1 aliphatic rings. The molecule has 4 aromatic rings. The van der Waals surface area contributed by atoms with Gasteiger partial charge in [-0.15, -0.1) is 0 Å². The van der Waals surface area contributed by atoms with Crippen molar-refractivity contribution in [2.24, 2.45) is 7.05 Å². The van der Waals surface area contributed by atoms with Gasteiger partial charge in [-0.1, -0.05) is 41.4 Å². The highest BCUT2D eigenvalue weighted by molar-refractivity contribution is 6.31. The van der Waals surface area contributed by atoms with Gasteiger partial charge in [0.05, 0.1) is 48.5 Å². The molecule has 2 aromatic heterocycles. The van der Waals surface area contributed by atoms with Crippen molar-refractivity contribution < 1.29 is 19.1 Å². The van der Waals surface area contributed by atoms with Crippen LogP contribution in [0.4, 0.5) is 0 Å². The largest absolute Gasteiger partial charge is 0.455 e. The van der Waals surface area contributed by atoms with Crippen LogP contribution in [-0.2, 0) is 40.9 Å². The third-order valence-corrected chi connectivity index (χ3v) is 10.2. The summed E-state index contributed by atoms with van der Waals surface area (Å²) in [6, 6.07) is 15.3. The molecule has 5 rings (SSSR count). The molecule has 0 spiro atoms. The Morgan fingerprint density at radius 3 is 2.45 bits per heavy atom. The number of ether oxygens (including phenoxy) is 2. The molecule has 3 heterocycles. The molecule has 14 heteroatoms. The zero-order chi connectivity index (χ0) is 38.1. The van der Waals surface area contributed by atoms with Crippen molar-refractivity contribution in [2.75, 3.05) is 47.9 Å². The van der Waals surface area contributed by atoms with Crippen LogP contribution in [0.3, 0.4) is 0 Å². The Morgan fingerprint density at radius 1 is 1.04 bits per heavy atom. The molecule has 53 heavy (non-hydrogen) atoms. The van der Waals surface area contributed by atoms with Crippen LogP contribution < -0.4 is 20.7 Å². The van der Waals surface area contributed by atoms with Crippen LogP contribution >= 0.6 is 23.2 Å². The van der Waals surface area contributed by atoms with Crippen LogP contribution in [0.15, 0.2) is 67.0 Å². The number of halogens is 2. The number of nitrogens with zero attached hydrogens (tertiary/aromatic N) is 5. The maximum atomic E-state index is 14.0. The Balaban J connectivity index is 1.22. The third-order valence-electron chi connectivity index (χ3n) is 9.68. The summed E-state index contributed by atoms with van der Waals surface area (Å²) >= 11 is 12.5. The molecule has 1 fully saturated rings. The lowest BCUT2D eigenvalue weighted by Crippen LogP contribution is -2.64. The first-order valence-electron chi connectivity index (χ1n) is 17.7. The Kier molecular flexibility index (Phi) is 13.9. The molecule has 3 atom stereocenters. The van der Waals surface area contributed by atoms with E-state index in [9.17, 15) is 9.59 Å². The van der Waals surface area contributed by atoms with Gasteiger partial charge in [-0.2, -0.15) is 0 Å². The molecular weight excluding hydrogens is 715 g/mol. The third kappa shape index (κ3) is 10.3. The number of amides is 2. The molecule has 0 radical (unpaired) electrons. The van der Waals surface area contributed by atoms with Gasteiger partial charge < -0.3 is 39.8 Å².